The summed E-state index contributed by atoms with van der Waals surface area (Å²) < 4.78 is 8.97. The molecular formula is C44H32N5O+. The molecule has 0 spiro atoms. The van der Waals surface area contributed by atoms with Crippen LogP contribution in [0, 0.1) is 0 Å². The summed E-state index contributed by atoms with van der Waals surface area (Å²) >= 11 is 0. The second-order valence-corrected chi connectivity index (χ2v) is 12.4. The van der Waals surface area contributed by atoms with E-state index in [-0.39, 0.29) is 0 Å². The van der Waals surface area contributed by atoms with Gasteiger partial charge in [-0.1, -0.05) is 66.7 Å². The lowest BCUT2D eigenvalue weighted by atomic mass is 10.0. The van der Waals surface area contributed by atoms with Crippen molar-refractivity contribution in [2.75, 3.05) is 7.05 Å². The Bertz CT molecular complexity index is 2470. The summed E-state index contributed by atoms with van der Waals surface area (Å²) in [6.45, 7) is 0. The van der Waals surface area contributed by atoms with E-state index in [2.05, 4.69) is 121 Å². The van der Waals surface area contributed by atoms with Crippen LogP contribution < -0.4 is 4.57 Å². The number of likely N-dealkylation sites (N-methyl/N-ethyl adjacent to an activating group) is 1. The van der Waals surface area contributed by atoms with Gasteiger partial charge in [0.15, 0.2) is 6.20 Å². The Labute approximate surface area is 290 Å². The third-order valence-corrected chi connectivity index (χ3v) is 9.30. The Morgan fingerprint density at radius 2 is 1.04 bits per heavy atom. The van der Waals surface area contributed by atoms with Crippen molar-refractivity contribution < 1.29 is 8.98 Å². The van der Waals surface area contributed by atoms with Crippen molar-refractivity contribution in [2.45, 2.75) is 0 Å². The summed E-state index contributed by atoms with van der Waals surface area (Å²) in [5, 5.41) is 0. The van der Waals surface area contributed by atoms with E-state index < -0.39 is 0 Å². The first-order chi connectivity index (χ1) is 24.6. The summed E-state index contributed by atoms with van der Waals surface area (Å²) in [5.74, 6) is 1.46. The van der Waals surface area contributed by atoms with Gasteiger partial charge < -0.3 is 9.32 Å². The fraction of sp³-hybridized carbons (Fsp3) is 0.0455. The molecule has 2 aromatic heterocycles. The Balaban J connectivity index is 1.38. The van der Waals surface area contributed by atoms with Crippen molar-refractivity contribution in [2.24, 2.45) is 22.0 Å². The first kappa shape index (κ1) is 29.5. The van der Waals surface area contributed by atoms with Gasteiger partial charge in [-0.3, -0.25) is 0 Å². The minimum atomic E-state index is 0.729. The number of furan rings is 1. The van der Waals surface area contributed by atoms with Crippen LogP contribution >= 0.6 is 0 Å². The van der Waals surface area contributed by atoms with Gasteiger partial charge in [0.05, 0.1) is 56.6 Å². The molecule has 2 aromatic carbocycles. The quantitative estimate of drug-likeness (QED) is 0.210. The smallest absolute Gasteiger partial charge is 0.216 e. The monoisotopic (exact) mass is 646 g/mol. The molecule has 0 N–H and O–H groups in total. The number of aromatic nitrogens is 1. The van der Waals surface area contributed by atoms with Gasteiger partial charge in [0.25, 0.3) is 0 Å². The van der Waals surface area contributed by atoms with E-state index >= 15 is 0 Å². The average molecular weight is 647 g/mol. The van der Waals surface area contributed by atoms with Gasteiger partial charge in [0.2, 0.25) is 5.69 Å². The van der Waals surface area contributed by atoms with Gasteiger partial charge in [0.1, 0.15) is 18.6 Å². The highest BCUT2D eigenvalue weighted by Gasteiger charge is 2.30. The molecule has 0 amide bonds. The highest BCUT2D eigenvalue weighted by molar-refractivity contribution is 6.36. The van der Waals surface area contributed by atoms with Gasteiger partial charge >= 0.3 is 0 Å². The minimum Gasteiger partial charge on any atom is -0.456 e. The Hall–Kier alpha value is -6.66. The topological polar surface area (TPSA) is 57.3 Å². The number of pyridine rings is 1. The predicted molar refractivity (Wildman–Crippen MR) is 201 cm³/mol. The van der Waals surface area contributed by atoms with Crippen molar-refractivity contribution in [1.29, 1.82) is 0 Å². The molecule has 238 valence electrons. The number of aryl methyl sites for hydroxylation is 1. The molecule has 8 bridgehead atoms. The maximum Gasteiger partial charge on any atom is 0.216 e. The molecule has 5 aliphatic rings. The fourth-order valence-corrected chi connectivity index (χ4v) is 6.92. The Morgan fingerprint density at radius 3 is 1.58 bits per heavy atom. The molecule has 0 saturated carbocycles. The van der Waals surface area contributed by atoms with Crippen LogP contribution in [0.1, 0.15) is 28.3 Å². The van der Waals surface area contributed by atoms with Gasteiger partial charge in [-0.15, -0.1) is 0 Å². The maximum atomic E-state index is 6.85. The van der Waals surface area contributed by atoms with Crippen molar-refractivity contribution in [3.63, 3.8) is 0 Å². The van der Waals surface area contributed by atoms with Crippen LogP contribution in [0.15, 0.2) is 206 Å². The molecule has 6 heteroatoms. The van der Waals surface area contributed by atoms with Crippen LogP contribution in [0.2, 0.25) is 0 Å². The lowest BCUT2D eigenvalue weighted by Crippen LogP contribution is -2.33. The van der Waals surface area contributed by atoms with Crippen LogP contribution in [0.5, 0.6) is 0 Å². The van der Waals surface area contributed by atoms with Crippen molar-refractivity contribution in [3.05, 3.63) is 215 Å². The lowest BCUT2D eigenvalue weighted by Gasteiger charge is -2.22. The third-order valence-electron chi connectivity index (χ3n) is 9.30. The van der Waals surface area contributed by atoms with Crippen molar-refractivity contribution >= 4 is 33.9 Å². The molecule has 4 aromatic rings. The zero-order chi connectivity index (χ0) is 33.6. The first-order valence-corrected chi connectivity index (χ1v) is 16.6. The number of benzene rings is 2. The number of nitrogens with zero attached hydrogens (tertiary/aromatic N) is 5. The highest BCUT2D eigenvalue weighted by Crippen LogP contribution is 2.39. The number of rotatable bonds is 3. The SMILES string of the molecule is CN1C=CC=CC1=C1C2=NC(=C(c3ccccc3)c3ccc(o3)C(c3ccccc3)=C3C=CC(=N3)C(c3cccc[n+]3C)=C3C=CC1=N3)C=C2. The van der Waals surface area contributed by atoms with E-state index in [4.69, 9.17) is 19.4 Å². The van der Waals surface area contributed by atoms with Crippen LogP contribution in [-0.4, -0.2) is 29.1 Å². The second-order valence-electron chi connectivity index (χ2n) is 12.4. The van der Waals surface area contributed by atoms with Gasteiger partial charge in [0, 0.05) is 31.0 Å². The van der Waals surface area contributed by atoms with E-state index in [1.807, 2.05) is 60.7 Å². The van der Waals surface area contributed by atoms with Crippen LogP contribution in [0.3, 0.4) is 0 Å². The van der Waals surface area contributed by atoms with Gasteiger partial charge in [-0.2, -0.15) is 0 Å². The second kappa shape index (κ2) is 12.1. The molecule has 0 unspecified atom stereocenters. The average Bonchev–Trinajstić information content (AvgIpc) is 3.98. The largest absolute Gasteiger partial charge is 0.456 e. The molecule has 7 heterocycles. The molecule has 50 heavy (non-hydrogen) atoms. The van der Waals surface area contributed by atoms with E-state index in [0.29, 0.717) is 0 Å². The zero-order valence-corrected chi connectivity index (χ0v) is 27.7. The van der Waals surface area contributed by atoms with Crippen molar-refractivity contribution in [1.82, 2.24) is 4.90 Å². The number of allylic oxidation sites excluding steroid dienone is 11. The number of hydrogen-bond donors (Lipinski definition) is 0. The number of fused-ring (bicyclic) bond motifs is 5. The molecule has 0 aliphatic carbocycles. The molecule has 9 rings (SSSR count). The molecular weight excluding hydrogens is 615 g/mol. The lowest BCUT2D eigenvalue weighted by molar-refractivity contribution is -0.673. The number of hydrogen-bond acceptors (Lipinski definition) is 5. The van der Waals surface area contributed by atoms with E-state index in [0.717, 1.165) is 90.6 Å². The standard InChI is InChI=1S/C44H32N5O/c1-48-27-11-9-17-37(48)43-33-21-19-31(45-33)41(29-13-5-3-6-14-29)39-25-26-40(50-39)42(30-15-7-4-8-16-30)32-20-22-34(46-32)44(36-24-23-35(43)47-36)38-18-10-12-28-49(38)2/h3-28H,1-2H3/q+1. The minimum absolute atomic E-state index is 0.729. The molecule has 0 radical (unpaired) electrons. The summed E-state index contributed by atoms with van der Waals surface area (Å²) in [4.78, 5) is 18.1. The van der Waals surface area contributed by atoms with Gasteiger partial charge in [-0.25, -0.2) is 19.5 Å². The fourth-order valence-electron chi connectivity index (χ4n) is 6.92. The van der Waals surface area contributed by atoms with E-state index in [9.17, 15) is 0 Å². The molecule has 0 fully saturated rings. The van der Waals surface area contributed by atoms with E-state index in [1.54, 1.807) is 0 Å². The first-order valence-electron chi connectivity index (χ1n) is 16.6. The van der Waals surface area contributed by atoms with E-state index in [1.165, 1.54) is 0 Å². The summed E-state index contributed by atoms with van der Waals surface area (Å²) in [6.07, 6.45) is 22.8. The number of aliphatic imine (C=N–C) groups is 3. The Kier molecular flexibility index (Phi) is 7.13. The van der Waals surface area contributed by atoms with Crippen LogP contribution in [0.4, 0.5) is 0 Å². The molecule has 0 atom stereocenters. The predicted octanol–water partition coefficient (Wildman–Crippen LogP) is 8.35. The molecule has 0 saturated heterocycles. The normalized spacial score (nSPS) is 19.2. The maximum absolute atomic E-state index is 6.85. The summed E-state index contributed by atoms with van der Waals surface area (Å²) in [5.41, 5.74) is 12.7. The van der Waals surface area contributed by atoms with Gasteiger partial charge in [-0.05, 0) is 77.9 Å². The zero-order valence-electron chi connectivity index (χ0n) is 27.7. The highest BCUT2D eigenvalue weighted by atomic mass is 16.3. The summed E-state index contributed by atoms with van der Waals surface area (Å²) in [6, 6.07) is 30.9. The Morgan fingerprint density at radius 1 is 0.520 bits per heavy atom. The van der Waals surface area contributed by atoms with Crippen LogP contribution in [0.25, 0.3) is 16.7 Å². The van der Waals surface area contributed by atoms with Crippen LogP contribution in [-0.2, 0) is 7.05 Å². The van der Waals surface area contributed by atoms with Crippen molar-refractivity contribution in [3.8, 4) is 0 Å². The molecule has 6 nitrogen and oxygen atoms in total. The molecule has 5 aliphatic heterocycles. The third kappa shape index (κ3) is 5.06. The summed E-state index contributed by atoms with van der Waals surface area (Å²) in [7, 11) is 4.11.